The minimum atomic E-state index is 0.852. The number of anilines is 1. The largest absolute Gasteiger partial charge is 0.369 e. The molecule has 1 aromatic heterocycles. The molecule has 0 aliphatic carbocycles. The normalized spacial score (nSPS) is 19.1. The molecule has 3 N–H and O–H groups in total. The van der Waals surface area contributed by atoms with Crippen LogP contribution in [-0.4, -0.2) is 57.3 Å². The molecular formula is C17H27N5. The molecule has 5 heteroatoms. The first-order chi connectivity index (χ1) is 10.9. The van der Waals surface area contributed by atoms with Crippen molar-refractivity contribution < 1.29 is 0 Å². The first kappa shape index (κ1) is 16.8. The van der Waals surface area contributed by atoms with E-state index in [-0.39, 0.29) is 0 Å². The van der Waals surface area contributed by atoms with Crippen molar-refractivity contribution in [1.82, 2.24) is 20.9 Å². The number of nitrogens with one attached hydrogen (secondary N) is 3. The molecule has 3 rings (SSSR count). The van der Waals surface area contributed by atoms with E-state index in [2.05, 4.69) is 31.8 Å². The Kier molecular flexibility index (Phi) is 7.75. The van der Waals surface area contributed by atoms with Gasteiger partial charge in [-0.15, -0.1) is 6.42 Å². The van der Waals surface area contributed by atoms with Gasteiger partial charge in [0.15, 0.2) is 0 Å². The SMILES string of the molecule is C#Cc1cncc(N2CCCNCC2)c1.C1CNCCNC1. The molecule has 2 aliphatic heterocycles. The van der Waals surface area contributed by atoms with Crippen LogP contribution in [0.1, 0.15) is 18.4 Å². The minimum Gasteiger partial charge on any atom is -0.369 e. The van der Waals surface area contributed by atoms with Crippen LogP contribution in [-0.2, 0) is 0 Å². The van der Waals surface area contributed by atoms with Crippen LogP contribution in [0.15, 0.2) is 18.5 Å². The Labute approximate surface area is 133 Å². The summed E-state index contributed by atoms with van der Waals surface area (Å²) in [6.45, 7) is 8.87. The molecule has 2 saturated heterocycles. The molecular weight excluding hydrogens is 274 g/mol. The second kappa shape index (κ2) is 10.2. The lowest BCUT2D eigenvalue weighted by Crippen LogP contribution is -2.27. The van der Waals surface area contributed by atoms with Gasteiger partial charge in [0.2, 0.25) is 0 Å². The lowest BCUT2D eigenvalue weighted by Gasteiger charge is -2.21. The van der Waals surface area contributed by atoms with Gasteiger partial charge in [-0.1, -0.05) is 5.92 Å². The molecule has 22 heavy (non-hydrogen) atoms. The van der Waals surface area contributed by atoms with Gasteiger partial charge in [-0.25, -0.2) is 0 Å². The van der Waals surface area contributed by atoms with E-state index in [1.165, 1.54) is 25.9 Å². The van der Waals surface area contributed by atoms with E-state index < -0.39 is 0 Å². The third kappa shape index (κ3) is 6.02. The number of hydrogen-bond donors (Lipinski definition) is 3. The van der Waals surface area contributed by atoms with Crippen LogP contribution in [0.25, 0.3) is 0 Å². The van der Waals surface area contributed by atoms with Crippen LogP contribution in [0.5, 0.6) is 0 Å². The van der Waals surface area contributed by atoms with Gasteiger partial charge in [0, 0.05) is 44.5 Å². The molecule has 0 aromatic carbocycles. The molecule has 0 spiro atoms. The summed E-state index contributed by atoms with van der Waals surface area (Å²) in [4.78, 5) is 6.48. The zero-order valence-electron chi connectivity index (χ0n) is 13.3. The van der Waals surface area contributed by atoms with Gasteiger partial charge in [0.1, 0.15) is 0 Å². The Bertz CT molecular complexity index is 441. The number of hydrogen-bond acceptors (Lipinski definition) is 5. The van der Waals surface area contributed by atoms with Crippen LogP contribution in [0, 0.1) is 12.3 Å². The molecule has 0 bridgehead atoms. The molecule has 1 aromatic rings. The third-order valence-corrected chi connectivity index (χ3v) is 3.78. The maximum Gasteiger partial charge on any atom is 0.0565 e. The van der Waals surface area contributed by atoms with Gasteiger partial charge in [0.25, 0.3) is 0 Å². The number of aromatic nitrogens is 1. The Balaban J connectivity index is 0.000000211. The van der Waals surface area contributed by atoms with Crippen molar-refractivity contribution in [3.05, 3.63) is 24.0 Å². The molecule has 0 saturated carbocycles. The second-order valence-corrected chi connectivity index (χ2v) is 5.52. The highest BCUT2D eigenvalue weighted by molar-refractivity contribution is 5.49. The maximum atomic E-state index is 5.36. The number of rotatable bonds is 1. The van der Waals surface area contributed by atoms with Crippen LogP contribution in [0.3, 0.4) is 0 Å². The molecule has 3 heterocycles. The molecule has 0 amide bonds. The summed E-state index contributed by atoms with van der Waals surface area (Å²) in [5.74, 6) is 2.62. The summed E-state index contributed by atoms with van der Waals surface area (Å²) in [7, 11) is 0. The average Bonchev–Trinajstić information content (AvgIpc) is 3.03. The van der Waals surface area contributed by atoms with E-state index in [0.29, 0.717) is 0 Å². The second-order valence-electron chi connectivity index (χ2n) is 5.52. The van der Waals surface area contributed by atoms with Crippen molar-refractivity contribution in [2.24, 2.45) is 0 Å². The van der Waals surface area contributed by atoms with Crippen LogP contribution in [0.2, 0.25) is 0 Å². The third-order valence-electron chi connectivity index (χ3n) is 3.78. The lowest BCUT2D eigenvalue weighted by molar-refractivity contribution is 0.718. The van der Waals surface area contributed by atoms with E-state index >= 15 is 0 Å². The standard InChI is InChI=1S/C12H15N3.C5H12N2/c1-2-11-8-12(10-14-9-11)15-6-3-4-13-5-7-15;1-2-6-4-5-7-3-1/h1,8-10,13H,3-7H2;6-7H,1-5H2. The van der Waals surface area contributed by atoms with Crippen molar-refractivity contribution >= 4 is 5.69 Å². The topological polar surface area (TPSA) is 52.2 Å². The van der Waals surface area contributed by atoms with Crippen molar-refractivity contribution in [1.29, 1.82) is 0 Å². The fraction of sp³-hybridized carbons (Fsp3) is 0.588. The van der Waals surface area contributed by atoms with Crippen molar-refractivity contribution in [3.8, 4) is 12.3 Å². The van der Waals surface area contributed by atoms with Crippen LogP contribution >= 0.6 is 0 Å². The van der Waals surface area contributed by atoms with E-state index in [9.17, 15) is 0 Å². The maximum absolute atomic E-state index is 5.36. The highest BCUT2D eigenvalue weighted by atomic mass is 15.2. The summed E-state index contributed by atoms with van der Waals surface area (Å²) in [6.07, 6.45) is 11.4. The fourth-order valence-corrected chi connectivity index (χ4v) is 2.55. The van der Waals surface area contributed by atoms with Crippen molar-refractivity contribution in [2.45, 2.75) is 12.8 Å². The van der Waals surface area contributed by atoms with E-state index in [1.807, 2.05) is 12.3 Å². The van der Waals surface area contributed by atoms with E-state index in [4.69, 9.17) is 6.42 Å². The summed E-state index contributed by atoms with van der Waals surface area (Å²) in [6, 6.07) is 2.03. The van der Waals surface area contributed by atoms with E-state index in [0.717, 1.165) is 50.5 Å². The number of nitrogens with zero attached hydrogens (tertiary/aromatic N) is 2. The zero-order chi connectivity index (χ0) is 15.5. The Morgan fingerprint density at radius 3 is 2.41 bits per heavy atom. The molecule has 2 fully saturated rings. The smallest absolute Gasteiger partial charge is 0.0565 e. The summed E-state index contributed by atoms with van der Waals surface area (Å²) in [5, 5.41) is 9.94. The van der Waals surface area contributed by atoms with Gasteiger partial charge < -0.3 is 20.9 Å². The molecule has 5 nitrogen and oxygen atoms in total. The highest BCUT2D eigenvalue weighted by Gasteiger charge is 2.09. The zero-order valence-corrected chi connectivity index (χ0v) is 13.3. The minimum absolute atomic E-state index is 0.852. The first-order valence-corrected chi connectivity index (χ1v) is 8.19. The van der Waals surface area contributed by atoms with E-state index in [1.54, 1.807) is 6.20 Å². The predicted octanol–water partition coefficient (Wildman–Crippen LogP) is 0.432. The van der Waals surface area contributed by atoms with Gasteiger partial charge in [-0.05, 0) is 38.5 Å². The number of pyridine rings is 1. The highest BCUT2D eigenvalue weighted by Crippen LogP contribution is 2.14. The average molecular weight is 301 g/mol. The number of terminal acetylenes is 1. The fourth-order valence-electron chi connectivity index (χ4n) is 2.55. The Morgan fingerprint density at radius 1 is 0.909 bits per heavy atom. The monoisotopic (exact) mass is 301 g/mol. The summed E-state index contributed by atoms with van der Waals surface area (Å²) in [5.41, 5.74) is 1.99. The molecule has 0 atom stereocenters. The Hall–Kier alpha value is -1.61. The lowest BCUT2D eigenvalue weighted by atomic mass is 10.2. The van der Waals surface area contributed by atoms with Crippen LogP contribution < -0.4 is 20.9 Å². The summed E-state index contributed by atoms with van der Waals surface area (Å²) >= 11 is 0. The van der Waals surface area contributed by atoms with Crippen LogP contribution in [0.4, 0.5) is 5.69 Å². The molecule has 120 valence electrons. The van der Waals surface area contributed by atoms with Gasteiger partial charge in [-0.3, -0.25) is 4.98 Å². The molecule has 2 aliphatic rings. The van der Waals surface area contributed by atoms with Gasteiger partial charge in [0.05, 0.1) is 11.9 Å². The predicted molar refractivity (Wildman–Crippen MR) is 92.2 cm³/mol. The van der Waals surface area contributed by atoms with Crippen molar-refractivity contribution in [2.75, 3.05) is 57.3 Å². The molecule has 0 radical (unpaired) electrons. The van der Waals surface area contributed by atoms with Gasteiger partial charge in [-0.2, -0.15) is 0 Å². The van der Waals surface area contributed by atoms with Crippen molar-refractivity contribution in [3.63, 3.8) is 0 Å². The van der Waals surface area contributed by atoms with Gasteiger partial charge >= 0.3 is 0 Å². The summed E-state index contributed by atoms with van der Waals surface area (Å²) < 4.78 is 0. The molecule has 0 unspecified atom stereocenters. The quantitative estimate of drug-likeness (QED) is 0.657. The Morgan fingerprint density at radius 2 is 1.64 bits per heavy atom. The first-order valence-electron chi connectivity index (χ1n) is 8.19.